The Balaban J connectivity index is 3.05. The summed E-state index contributed by atoms with van der Waals surface area (Å²) in [4.78, 5) is 25.0. The molecule has 19 heavy (non-hydrogen) atoms. The molecule has 0 aliphatic carbocycles. The predicted molar refractivity (Wildman–Crippen MR) is 76.0 cm³/mol. The van der Waals surface area contributed by atoms with Crippen LogP contribution in [0.15, 0.2) is 24.3 Å². The number of amides is 2. The smallest absolute Gasteiger partial charge is 0.256 e. The van der Waals surface area contributed by atoms with Crippen molar-refractivity contribution >= 4 is 17.5 Å². The first-order valence-corrected chi connectivity index (χ1v) is 6.39. The molecule has 0 unspecified atom stereocenters. The number of nitrogens with one attached hydrogen (secondary N) is 1. The minimum atomic E-state index is -0.511. The highest BCUT2D eigenvalue weighted by atomic mass is 16.2. The predicted octanol–water partition coefficient (Wildman–Crippen LogP) is 1.45. The summed E-state index contributed by atoms with van der Waals surface area (Å²) in [5.74, 6) is -0.701. The van der Waals surface area contributed by atoms with Crippen LogP contribution >= 0.6 is 0 Å². The number of rotatable bonds is 6. The van der Waals surface area contributed by atoms with Gasteiger partial charge in [0.05, 0.1) is 12.1 Å². The molecule has 1 aromatic carbocycles. The molecule has 0 aromatic heterocycles. The van der Waals surface area contributed by atoms with Crippen molar-refractivity contribution in [2.75, 3.05) is 18.4 Å². The number of anilines is 1. The number of nitrogens with two attached hydrogens (primary N) is 1. The second-order valence-electron chi connectivity index (χ2n) is 4.57. The van der Waals surface area contributed by atoms with E-state index in [0.29, 0.717) is 5.56 Å². The fraction of sp³-hybridized carbons (Fsp3) is 0.429. The van der Waals surface area contributed by atoms with Gasteiger partial charge in [0.1, 0.15) is 0 Å². The Bertz CT molecular complexity index is 458. The lowest BCUT2D eigenvalue weighted by Gasteiger charge is -2.26. The molecule has 0 saturated heterocycles. The Morgan fingerprint density at radius 2 is 1.95 bits per heavy atom. The van der Waals surface area contributed by atoms with E-state index in [2.05, 4.69) is 5.32 Å². The minimum absolute atomic E-state index is 0.0725. The molecule has 5 nitrogen and oxygen atoms in total. The lowest BCUT2D eigenvalue weighted by atomic mass is 10.1. The minimum Gasteiger partial charge on any atom is -0.385 e. The van der Waals surface area contributed by atoms with Crippen LogP contribution in [-0.4, -0.2) is 35.8 Å². The van der Waals surface area contributed by atoms with Crippen LogP contribution in [0.1, 0.15) is 31.1 Å². The van der Waals surface area contributed by atoms with E-state index in [1.807, 2.05) is 32.9 Å². The number of para-hydroxylation sites is 1. The van der Waals surface area contributed by atoms with Gasteiger partial charge in [0.15, 0.2) is 0 Å². The third-order valence-electron chi connectivity index (χ3n) is 2.74. The maximum Gasteiger partial charge on any atom is 0.256 e. The van der Waals surface area contributed by atoms with Gasteiger partial charge in [0.2, 0.25) is 5.91 Å². The molecular formula is C14H21N3O2. The molecule has 0 atom stereocenters. The van der Waals surface area contributed by atoms with Crippen LogP contribution in [0.4, 0.5) is 5.69 Å². The molecule has 0 heterocycles. The lowest BCUT2D eigenvalue weighted by molar-refractivity contribution is -0.119. The molecular weight excluding hydrogens is 242 g/mol. The first-order valence-electron chi connectivity index (χ1n) is 6.39. The summed E-state index contributed by atoms with van der Waals surface area (Å²) in [5, 5.41) is 3.14. The van der Waals surface area contributed by atoms with Gasteiger partial charge in [-0.05, 0) is 32.9 Å². The zero-order chi connectivity index (χ0) is 14.4. The Labute approximate surface area is 113 Å². The molecule has 0 fully saturated rings. The highest BCUT2D eigenvalue weighted by molar-refractivity contribution is 6.01. The van der Waals surface area contributed by atoms with Gasteiger partial charge in [-0.2, -0.15) is 0 Å². The molecule has 104 valence electrons. The van der Waals surface area contributed by atoms with Crippen LogP contribution in [0.3, 0.4) is 0 Å². The molecule has 1 rings (SSSR count). The van der Waals surface area contributed by atoms with Crippen LogP contribution in [-0.2, 0) is 4.79 Å². The van der Waals surface area contributed by atoms with Crippen molar-refractivity contribution < 1.29 is 9.59 Å². The van der Waals surface area contributed by atoms with Crippen molar-refractivity contribution in [2.24, 2.45) is 5.73 Å². The van der Waals surface area contributed by atoms with Gasteiger partial charge in [-0.3, -0.25) is 9.59 Å². The van der Waals surface area contributed by atoms with Crippen LogP contribution in [0.25, 0.3) is 0 Å². The first kappa shape index (κ1) is 15.0. The molecule has 0 aliphatic heterocycles. The molecule has 0 saturated carbocycles. The molecule has 0 aliphatic rings. The highest BCUT2D eigenvalue weighted by Gasteiger charge is 2.22. The molecule has 5 heteroatoms. The van der Waals surface area contributed by atoms with Gasteiger partial charge < -0.3 is 16.0 Å². The van der Waals surface area contributed by atoms with E-state index in [9.17, 15) is 9.59 Å². The Hall–Kier alpha value is -2.04. The average Bonchev–Trinajstić information content (AvgIpc) is 2.36. The van der Waals surface area contributed by atoms with Gasteiger partial charge in [0.25, 0.3) is 5.91 Å². The Morgan fingerprint density at radius 1 is 1.32 bits per heavy atom. The number of hydrogen-bond acceptors (Lipinski definition) is 3. The van der Waals surface area contributed by atoms with E-state index < -0.39 is 5.91 Å². The summed E-state index contributed by atoms with van der Waals surface area (Å²) in [6.07, 6.45) is 0. The van der Waals surface area contributed by atoms with Crippen molar-refractivity contribution in [1.82, 2.24) is 4.90 Å². The third kappa shape index (κ3) is 3.98. The van der Waals surface area contributed by atoms with Gasteiger partial charge in [-0.1, -0.05) is 12.1 Å². The van der Waals surface area contributed by atoms with Crippen molar-refractivity contribution in [3.05, 3.63) is 29.8 Å². The number of benzene rings is 1. The zero-order valence-corrected chi connectivity index (χ0v) is 11.6. The van der Waals surface area contributed by atoms with Crippen LogP contribution in [0, 0.1) is 0 Å². The number of carbonyl (C=O) groups is 2. The summed E-state index contributed by atoms with van der Waals surface area (Å²) in [7, 11) is 0. The molecule has 1 aromatic rings. The van der Waals surface area contributed by atoms with E-state index in [1.54, 1.807) is 12.1 Å². The second kappa shape index (κ2) is 6.78. The summed E-state index contributed by atoms with van der Waals surface area (Å²) in [6, 6.07) is 7.17. The van der Waals surface area contributed by atoms with E-state index in [1.165, 1.54) is 4.90 Å². The molecule has 2 amide bonds. The summed E-state index contributed by atoms with van der Waals surface area (Å²) >= 11 is 0. The monoisotopic (exact) mass is 263 g/mol. The fourth-order valence-electron chi connectivity index (χ4n) is 1.83. The Kier molecular flexibility index (Phi) is 5.36. The standard InChI is InChI=1S/C14H21N3O2/c1-4-16-12-8-6-5-7-11(12)14(19)17(10(2)3)9-13(15)18/h5-8,10,16H,4,9H2,1-3H3,(H2,15,18). The fourth-order valence-corrected chi connectivity index (χ4v) is 1.83. The number of nitrogens with zero attached hydrogens (tertiary/aromatic N) is 1. The summed E-state index contributed by atoms with van der Waals surface area (Å²) in [6.45, 7) is 6.33. The van der Waals surface area contributed by atoms with Crippen molar-refractivity contribution in [2.45, 2.75) is 26.8 Å². The van der Waals surface area contributed by atoms with Crippen molar-refractivity contribution in [3.63, 3.8) is 0 Å². The normalized spacial score (nSPS) is 10.3. The zero-order valence-electron chi connectivity index (χ0n) is 11.6. The van der Waals surface area contributed by atoms with Crippen LogP contribution in [0.5, 0.6) is 0 Å². The van der Waals surface area contributed by atoms with Gasteiger partial charge in [-0.15, -0.1) is 0 Å². The SMILES string of the molecule is CCNc1ccccc1C(=O)N(CC(N)=O)C(C)C. The quantitative estimate of drug-likeness (QED) is 0.815. The topological polar surface area (TPSA) is 75.4 Å². The third-order valence-corrected chi connectivity index (χ3v) is 2.74. The van der Waals surface area contributed by atoms with Gasteiger partial charge in [-0.25, -0.2) is 0 Å². The first-order chi connectivity index (χ1) is 8.97. The van der Waals surface area contributed by atoms with E-state index >= 15 is 0 Å². The number of primary amides is 1. The van der Waals surface area contributed by atoms with Crippen LogP contribution < -0.4 is 11.1 Å². The molecule has 0 bridgehead atoms. The summed E-state index contributed by atoms with van der Waals surface area (Å²) < 4.78 is 0. The summed E-state index contributed by atoms with van der Waals surface area (Å²) in [5.41, 5.74) is 6.52. The van der Waals surface area contributed by atoms with Crippen molar-refractivity contribution in [3.8, 4) is 0 Å². The second-order valence-corrected chi connectivity index (χ2v) is 4.57. The molecule has 3 N–H and O–H groups in total. The largest absolute Gasteiger partial charge is 0.385 e. The maximum absolute atomic E-state index is 12.5. The van der Waals surface area contributed by atoms with Gasteiger partial charge in [0, 0.05) is 18.3 Å². The highest BCUT2D eigenvalue weighted by Crippen LogP contribution is 2.18. The van der Waals surface area contributed by atoms with E-state index in [4.69, 9.17) is 5.73 Å². The van der Waals surface area contributed by atoms with Crippen molar-refractivity contribution in [1.29, 1.82) is 0 Å². The van der Waals surface area contributed by atoms with E-state index in [0.717, 1.165) is 12.2 Å². The number of carbonyl (C=O) groups excluding carboxylic acids is 2. The average molecular weight is 263 g/mol. The lowest BCUT2D eigenvalue weighted by Crippen LogP contribution is -2.43. The van der Waals surface area contributed by atoms with Crippen LogP contribution in [0.2, 0.25) is 0 Å². The van der Waals surface area contributed by atoms with Gasteiger partial charge >= 0.3 is 0 Å². The molecule has 0 radical (unpaired) electrons. The molecule has 0 spiro atoms. The van der Waals surface area contributed by atoms with E-state index in [-0.39, 0.29) is 18.5 Å². The number of hydrogen-bond donors (Lipinski definition) is 2. The maximum atomic E-state index is 12.5. The Morgan fingerprint density at radius 3 is 2.47 bits per heavy atom.